The fraction of sp³-hybridized carbons (Fsp3) is 0.500. The third-order valence-electron chi connectivity index (χ3n) is 1.36. The van der Waals surface area contributed by atoms with Crippen LogP contribution in [0.25, 0.3) is 0 Å². The van der Waals surface area contributed by atoms with E-state index in [1.807, 2.05) is 0 Å². The summed E-state index contributed by atoms with van der Waals surface area (Å²) in [5.41, 5.74) is -0.770. The molecule has 0 radical (unpaired) electrons. The van der Waals surface area contributed by atoms with Crippen molar-refractivity contribution in [3.8, 4) is 0 Å². The molecule has 1 aromatic heterocycles. The molecule has 1 rings (SSSR count). The normalized spacial score (nSPS) is 10.7. The molecule has 0 bridgehead atoms. The van der Waals surface area contributed by atoms with Gasteiger partial charge in [0.15, 0.2) is 0 Å². The maximum Gasteiger partial charge on any atom is 0.325 e. The molecule has 0 unspecified atom stereocenters. The zero-order valence-electron chi connectivity index (χ0n) is 7.59. The molecule has 1 heterocycles. The lowest BCUT2D eigenvalue weighted by atomic mass is 10.3. The van der Waals surface area contributed by atoms with E-state index in [9.17, 15) is 9.59 Å². The summed E-state index contributed by atoms with van der Waals surface area (Å²) in [6.45, 7) is 4.15. The van der Waals surface area contributed by atoms with E-state index in [4.69, 9.17) is 0 Å². The van der Waals surface area contributed by atoms with Crippen molar-refractivity contribution in [3.63, 3.8) is 0 Å². The average Bonchev–Trinajstić information content (AvgIpc) is 2.02. The van der Waals surface area contributed by atoms with Crippen molar-refractivity contribution >= 4 is 11.8 Å². The Bertz CT molecular complexity index is 380. The van der Waals surface area contributed by atoms with E-state index in [0.717, 1.165) is 5.75 Å². The molecule has 0 aliphatic heterocycles. The molecular formula is C8H12N2O2S. The Kier molecular flexibility index (Phi) is 3.36. The van der Waals surface area contributed by atoms with Crippen LogP contribution in [0.1, 0.15) is 13.8 Å². The van der Waals surface area contributed by atoms with E-state index >= 15 is 0 Å². The minimum atomic E-state index is -0.459. The number of rotatable bonds is 3. The highest BCUT2D eigenvalue weighted by molar-refractivity contribution is 7.99. The highest BCUT2D eigenvalue weighted by Gasteiger charge is 2.01. The van der Waals surface area contributed by atoms with Gasteiger partial charge in [0.05, 0.1) is 4.90 Å². The van der Waals surface area contributed by atoms with E-state index in [0.29, 0.717) is 10.8 Å². The molecule has 1 aromatic rings. The van der Waals surface area contributed by atoms with Crippen molar-refractivity contribution in [2.24, 2.45) is 5.92 Å². The Hall–Kier alpha value is -0.970. The predicted molar refractivity (Wildman–Crippen MR) is 53.2 cm³/mol. The number of nitrogens with one attached hydrogen (secondary N) is 2. The summed E-state index contributed by atoms with van der Waals surface area (Å²) >= 11 is 1.45. The number of aromatic amines is 2. The molecule has 0 atom stereocenters. The zero-order valence-corrected chi connectivity index (χ0v) is 8.40. The van der Waals surface area contributed by atoms with Crippen molar-refractivity contribution in [1.82, 2.24) is 9.97 Å². The van der Waals surface area contributed by atoms with Gasteiger partial charge in [0.1, 0.15) is 0 Å². The largest absolute Gasteiger partial charge is 0.325 e. The van der Waals surface area contributed by atoms with Crippen LogP contribution in [0.2, 0.25) is 0 Å². The van der Waals surface area contributed by atoms with Crippen molar-refractivity contribution in [2.75, 3.05) is 5.75 Å². The first kappa shape index (κ1) is 10.1. The third-order valence-corrected chi connectivity index (χ3v) is 2.80. The fourth-order valence-electron chi connectivity index (χ4n) is 0.761. The van der Waals surface area contributed by atoms with E-state index in [1.165, 1.54) is 18.0 Å². The lowest BCUT2D eigenvalue weighted by Crippen LogP contribution is -2.22. The second-order valence-electron chi connectivity index (χ2n) is 3.14. The van der Waals surface area contributed by atoms with Crippen molar-refractivity contribution in [3.05, 3.63) is 27.0 Å². The number of hydrogen-bond donors (Lipinski definition) is 2. The summed E-state index contributed by atoms with van der Waals surface area (Å²) in [7, 11) is 0. The van der Waals surface area contributed by atoms with Crippen LogP contribution in [0.4, 0.5) is 0 Å². The van der Waals surface area contributed by atoms with Gasteiger partial charge in [0.2, 0.25) is 0 Å². The van der Waals surface area contributed by atoms with Gasteiger partial charge in [0.25, 0.3) is 5.56 Å². The van der Waals surface area contributed by atoms with Crippen molar-refractivity contribution in [1.29, 1.82) is 0 Å². The zero-order chi connectivity index (χ0) is 9.84. The molecule has 0 aliphatic rings. The molecule has 5 heteroatoms. The fourth-order valence-corrected chi connectivity index (χ4v) is 1.60. The van der Waals surface area contributed by atoms with Gasteiger partial charge < -0.3 is 4.98 Å². The molecule has 13 heavy (non-hydrogen) atoms. The molecule has 0 aliphatic carbocycles. The first-order valence-electron chi connectivity index (χ1n) is 4.04. The van der Waals surface area contributed by atoms with Gasteiger partial charge >= 0.3 is 5.69 Å². The molecule has 0 spiro atoms. The summed E-state index contributed by atoms with van der Waals surface area (Å²) in [5.74, 6) is 1.39. The standard InChI is InChI=1S/C8H12N2O2S/c1-5(2)4-13-6-3-9-8(12)10-7(6)11/h3,5H,4H2,1-2H3,(H2,9,10,11,12). The highest BCUT2D eigenvalue weighted by Crippen LogP contribution is 2.14. The SMILES string of the molecule is CC(C)CSc1c[nH]c(=O)[nH]c1=O. The summed E-state index contributed by atoms with van der Waals surface area (Å²) in [4.78, 5) is 27.0. The molecule has 72 valence electrons. The van der Waals surface area contributed by atoms with Crippen molar-refractivity contribution in [2.45, 2.75) is 18.7 Å². The smallest absolute Gasteiger partial charge is 0.313 e. The molecule has 0 fully saturated rings. The molecule has 0 aromatic carbocycles. The van der Waals surface area contributed by atoms with Crippen LogP contribution in [0, 0.1) is 5.92 Å². The Labute approximate surface area is 79.8 Å². The molecule has 0 saturated carbocycles. The van der Waals surface area contributed by atoms with E-state index in [2.05, 4.69) is 23.8 Å². The Balaban J connectivity index is 2.79. The van der Waals surface area contributed by atoms with Crippen LogP contribution in [0.15, 0.2) is 20.7 Å². The van der Waals surface area contributed by atoms with Crippen LogP contribution >= 0.6 is 11.8 Å². The summed E-state index contributed by atoms with van der Waals surface area (Å²) in [5, 5.41) is 0. The lowest BCUT2D eigenvalue weighted by molar-refractivity contribution is 0.749. The number of hydrogen-bond acceptors (Lipinski definition) is 3. The topological polar surface area (TPSA) is 65.7 Å². The molecule has 0 saturated heterocycles. The minimum Gasteiger partial charge on any atom is -0.313 e. The molecular weight excluding hydrogens is 188 g/mol. The number of thioether (sulfide) groups is 1. The molecule has 2 N–H and O–H groups in total. The predicted octanol–water partition coefficient (Wildman–Crippen LogP) is 0.811. The Morgan fingerprint density at radius 2 is 2.15 bits per heavy atom. The van der Waals surface area contributed by atoms with Crippen LogP contribution in [0.3, 0.4) is 0 Å². The summed E-state index contributed by atoms with van der Waals surface area (Å²) in [6.07, 6.45) is 1.45. The molecule has 0 amide bonds. The van der Waals surface area contributed by atoms with Gasteiger partial charge in [-0.2, -0.15) is 0 Å². The summed E-state index contributed by atoms with van der Waals surface area (Å²) in [6, 6.07) is 0. The first-order chi connectivity index (χ1) is 6.09. The number of aromatic nitrogens is 2. The van der Waals surface area contributed by atoms with Gasteiger partial charge in [0, 0.05) is 11.9 Å². The van der Waals surface area contributed by atoms with Crippen LogP contribution in [-0.2, 0) is 0 Å². The average molecular weight is 200 g/mol. The van der Waals surface area contributed by atoms with E-state index in [1.54, 1.807) is 0 Å². The third kappa shape index (κ3) is 3.10. The van der Waals surface area contributed by atoms with Crippen LogP contribution in [-0.4, -0.2) is 15.7 Å². The molecule has 4 nitrogen and oxygen atoms in total. The quantitative estimate of drug-likeness (QED) is 0.710. The first-order valence-corrected chi connectivity index (χ1v) is 5.03. The van der Waals surface area contributed by atoms with Gasteiger partial charge in [-0.3, -0.25) is 9.78 Å². The van der Waals surface area contributed by atoms with Gasteiger partial charge in [-0.1, -0.05) is 13.8 Å². The highest BCUT2D eigenvalue weighted by atomic mass is 32.2. The maximum absolute atomic E-state index is 11.2. The summed E-state index contributed by atoms with van der Waals surface area (Å²) < 4.78 is 0. The van der Waals surface area contributed by atoms with Crippen LogP contribution in [0.5, 0.6) is 0 Å². The minimum absolute atomic E-state index is 0.311. The van der Waals surface area contributed by atoms with Crippen LogP contribution < -0.4 is 11.2 Å². The van der Waals surface area contributed by atoms with Gasteiger partial charge in [-0.25, -0.2) is 4.79 Å². The van der Waals surface area contributed by atoms with Gasteiger partial charge in [-0.05, 0) is 5.92 Å². The number of H-pyrrole nitrogens is 2. The Morgan fingerprint density at radius 1 is 1.46 bits per heavy atom. The monoisotopic (exact) mass is 200 g/mol. The van der Waals surface area contributed by atoms with E-state index < -0.39 is 5.69 Å². The Morgan fingerprint density at radius 3 is 2.69 bits per heavy atom. The van der Waals surface area contributed by atoms with Gasteiger partial charge in [-0.15, -0.1) is 11.8 Å². The van der Waals surface area contributed by atoms with Crippen molar-refractivity contribution < 1.29 is 0 Å². The second-order valence-corrected chi connectivity index (χ2v) is 4.20. The lowest BCUT2D eigenvalue weighted by Gasteiger charge is -2.02. The van der Waals surface area contributed by atoms with E-state index in [-0.39, 0.29) is 5.56 Å². The second kappa shape index (κ2) is 4.32. The maximum atomic E-state index is 11.2.